The lowest BCUT2D eigenvalue weighted by Crippen LogP contribution is -2.43. The number of hydrogen-bond acceptors (Lipinski definition) is 5. The first-order valence-corrected chi connectivity index (χ1v) is 5.56. The smallest absolute Gasteiger partial charge is 0.328 e. The topological polar surface area (TPSA) is 113 Å². The number of nitrogens with one attached hydrogen (secondary N) is 3. The first-order valence-electron chi connectivity index (χ1n) is 5.56. The van der Waals surface area contributed by atoms with Gasteiger partial charge in [-0.2, -0.15) is 5.10 Å². The van der Waals surface area contributed by atoms with Gasteiger partial charge in [0.15, 0.2) is 0 Å². The van der Waals surface area contributed by atoms with E-state index in [0.29, 0.717) is 0 Å². The van der Waals surface area contributed by atoms with Gasteiger partial charge in [0.1, 0.15) is 11.7 Å². The van der Waals surface area contributed by atoms with E-state index in [1.165, 1.54) is 25.7 Å². The van der Waals surface area contributed by atoms with E-state index in [0.717, 1.165) is 5.69 Å². The predicted molar refractivity (Wildman–Crippen MR) is 64.1 cm³/mol. The normalized spacial score (nSPS) is 11.8. The largest absolute Gasteiger partial charge is 0.467 e. The molecular weight excluding hydrogens is 250 g/mol. The van der Waals surface area contributed by atoms with Gasteiger partial charge in [0.25, 0.3) is 5.91 Å². The molecule has 0 saturated carbocycles. The molecule has 0 unspecified atom stereocenters. The number of imidazole rings is 1. The van der Waals surface area contributed by atoms with Crippen molar-refractivity contribution < 1.29 is 14.3 Å². The molecule has 2 aromatic heterocycles. The van der Waals surface area contributed by atoms with Crippen LogP contribution in [0.1, 0.15) is 16.2 Å². The number of esters is 1. The molecule has 8 nitrogen and oxygen atoms in total. The molecule has 0 aromatic carbocycles. The van der Waals surface area contributed by atoms with Gasteiger partial charge in [-0.05, 0) is 6.07 Å². The van der Waals surface area contributed by atoms with Crippen LogP contribution in [-0.2, 0) is 16.0 Å². The molecule has 0 aliphatic carbocycles. The van der Waals surface area contributed by atoms with Gasteiger partial charge in [0, 0.05) is 24.5 Å². The number of H-pyrrole nitrogens is 2. The molecule has 0 bridgehead atoms. The molecule has 1 atom stereocenters. The second-order valence-electron chi connectivity index (χ2n) is 3.80. The molecule has 0 aliphatic rings. The zero-order valence-corrected chi connectivity index (χ0v) is 10.2. The third-order valence-corrected chi connectivity index (χ3v) is 2.52. The van der Waals surface area contributed by atoms with Crippen LogP contribution in [0.4, 0.5) is 0 Å². The van der Waals surface area contributed by atoms with E-state index in [1.54, 1.807) is 6.20 Å². The predicted octanol–water partition coefficient (Wildman–Crippen LogP) is -0.353. The Morgan fingerprint density at radius 3 is 2.95 bits per heavy atom. The fourth-order valence-electron chi connectivity index (χ4n) is 1.57. The Balaban J connectivity index is 2.06. The highest BCUT2D eigenvalue weighted by atomic mass is 16.5. The summed E-state index contributed by atoms with van der Waals surface area (Å²) in [5.41, 5.74) is 0.999. The molecule has 0 saturated heterocycles. The van der Waals surface area contributed by atoms with E-state index in [2.05, 4.69) is 30.2 Å². The zero-order chi connectivity index (χ0) is 13.7. The quantitative estimate of drug-likeness (QED) is 0.638. The number of carbonyl (C=O) groups excluding carboxylic acids is 2. The van der Waals surface area contributed by atoms with E-state index >= 15 is 0 Å². The highest BCUT2D eigenvalue weighted by Gasteiger charge is 2.23. The van der Waals surface area contributed by atoms with E-state index in [-0.39, 0.29) is 12.1 Å². The standard InChI is InChI=1S/C11H13N5O3/c1-19-11(18)9(4-7-5-12-6-13-7)15-10(17)8-2-3-14-16-8/h2-3,5-6,9H,4H2,1H3,(H,12,13)(H,14,16)(H,15,17)/t9-/m0/s1. The van der Waals surface area contributed by atoms with Crippen molar-refractivity contribution in [1.82, 2.24) is 25.5 Å². The molecule has 8 heteroatoms. The van der Waals surface area contributed by atoms with E-state index in [4.69, 9.17) is 0 Å². The van der Waals surface area contributed by atoms with Crippen molar-refractivity contribution in [2.24, 2.45) is 0 Å². The number of aromatic amines is 2. The average Bonchev–Trinajstić information content (AvgIpc) is 3.09. The first kappa shape index (κ1) is 12.8. The van der Waals surface area contributed by atoms with Crippen molar-refractivity contribution in [3.8, 4) is 0 Å². The molecule has 1 amide bonds. The van der Waals surface area contributed by atoms with Crippen molar-refractivity contribution in [3.63, 3.8) is 0 Å². The van der Waals surface area contributed by atoms with Crippen LogP contribution < -0.4 is 5.32 Å². The van der Waals surface area contributed by atoms with Crippen molar-refractivity contribution in [2.45, 2.75) is 12.5 Å². The number of nitrogens with zero attached hydrogens (tertiary/aromatic N) is 2. The molecule has 0 aliphatic heterocycles. The van der Waals surface area contributed by atoms with Crippen molar-refractivity contribution in [3.05, 3.63) is 36.2 Å². The number of rotatable bonds is 5. The molecule has 3 N–H and O–H groups in total. The summed E-state index contributed by atoms with van der Waals surface area (Å²) < 4.78 is 4.67. The Morgan fingerprint density at radius 1 is 1.53 bits per heavy atom. The number of amides is 1. The fraction of sp³-hybridized carbons (Fsp3) is 0.273. The van der Waals surface area contributed by atoms with Crippen LogP contribution in [-0.4, -0.2) is 45.2 Å². The average molecular weight is 263 g/mol. The third-order valence-electron chi connectivity index (χ3n) is 2.52. The Morgan fingerprint density at radius 2 is 2.37 bits per heavy atom. The van der Waals surface area contributed by atoms with E-state index in [1.807, 2.05) is 0 Å². The number of methoxy groups -OCH3 is 1. The van der Waals surface area contributed by atoms with Gasteiger partial charge >= 0.3 is 5.97 Å². The maximum atomic E-state index is 11.8. The molecule has 0 fully saturated rings. The van der Waals surface area contributed by atoms with Gasteiger partial charge < -0.3 is 15.0 Å². The monoisotopic (exact) mass is 263 g/mol. The Labute approximate surface area is 108 Å². The SMILES string of the molecule is COC(=O)[C@H](Cc1cnc[nH]1)NC(=O)c1ccn[nH]1. The summed E-state index contributed by atoms with van der Waals surface area (Å²) in [5.74, 6) is -0.949. The van der Waals surface area contributed by atoms with E-state index in [9.17, 15) is 9.59 Å². The molecule has 100 valence electrons. The summed E-state index contributed by atoms with van der Waals surface area (Å²) in [7, 11) is 1.27. The number of ether oxygens (including phenoxy) is 1. The third kappa shape index (κ3) is 3.18. The lowest BCUT2D eigenvalue weighted by molar-refractivity contribution is -0.142. The number of aromatic nitrogens is 4. The second-order valence-corrected chi connectivity index (χ2v) is 3.80. The van der Waals surface area contributed by atoms with Crippen LogP contribution in [0.2, 0.25) is 0 Å². The first-order chi connectivity index (χ1) is 9.20. The lowest BCUT2D eigenvalue weighted by atomic mass is 10.1. The van der Waals surface area contributed by atoms with Gasteiger partial charge in [0.05, 0.1) is 13.4 Å². The van der Waals surface area contributed by atoms with Crippen LogP contribution >= 0.6 is 0 Å². The number of carbonyl (C=O) groups is 2. The number of hydrogen-bond donors (Lipinski definition) is 3. The van der Waals surface area contributed by atoms with Crippen molar-refractivity contribution >= 4 is 11.9 Å². The summed E-state index contributed by atoms with van der Waals surface area (Å²) >= 11 is 0. The molecule has 2 rings (SSSR count). The fourth-order valence-corrected chi connectivity index (χ4v) is 1.57. The molecule has 2 heterocycles. The van der Waals surface area contributed by atoms with Gasteiger partial charge in [-0.25, -0.2) is 9.78 Å². The molecule has 2 aromatic rings. The summed E-state index contributed by atoms with van der Waals surface area (Å²) in [6.45, 7) is 0. The molecule has 0 spiro atoms. The van der Waals surface area contributed by atoms with Crippen LogP contribution in [0.15, 0.2) is 24.8 Å². The Kier molecular flexibility index (Phi) is 3.91. The highest BCUT2D eigenvalue weighted by Crippen LogP contribution is 2.02. The molecule has 19 heavy (non-hydrogen) atoms. The molecule has 0 radical (unpaired) electrons. The summed E-state index contributed by atoms with van der Waals surface area (Å²) in [4.78, 5) is 30.2. The van der Waals surface area contributed by atoms with Crippen LogP contribution in [0.3, 0.4) is 0 Å². The minimum absolute atomic E-state index is 0.270. The molecular formula is C11H13N5O3. The van der Waals surface area contributed by atoms with Gasteiger partial charge in [0.2, 0.25) is 0 Å². The van der Waals surface area contributed by atoms with Crippen LogP contribution in [0, 0.1) is 0 Å². The highest BCUT2D eigenvalue weighted by molar-refractivity contribution is 5.95. The van der Waals surface area contributed by atoms with Crippen molar-refractivity contribution in [2.75, 3.05) is 7.11 Å². The van der Waals surface area contributed by atoms with Gasteiger partial charge in [-0.3, -0.25) is 9.89 Å². The van der Waals surface area contributed by atoms with Gasteiger partial charge in [-0.1, -0.05) is 0 Å². The summed E-state index contributed by atoms with van der Waals surface area (Å²) in [6.07, 6.45) is 4.81. The van der Waals surface area contributed by atoms with E-state index < -0.39 is 17.9 Å². The Bertz CT molecular complexity index is 535. The van der Waals surface area contributed by atoms with Gasteiger partial charge in [-0.15, -0.1) is 0 Å². The summed E-state index contributed by atoms with van der Waals surface area (Å²) in [6, 6.07) is 0.723. The zero-order valence-electron chi connectivity index (χ0n) is 10.2. The van der Waals surface area contributed by atoms with Crippen LogP contribution in [0.25, 0.3) is 0 Å². The Hall–Kier alpha value is -2.64. The minimum Gasteiger partial charge on any atom is -0.467 e. The van der Waals surface area contributed by atoms with Crippen molar-refractivity contribution in [1.29, 1.82) is 0 Å². The maximum Gasteiger partial charge on any atom is 0.328 e. The maximum absolute atomic E-state index is 11.8. The second kappa shape index (κ2) is 5.80. The lowest BCUT2D eigenvalue weighted by Gasteiger charge is -2.15. The minimum atomic E-state index is -0.791. The van der Waals surface area contributed by atoms with Crippen LogP contribution in [0.5, 0.6) is 0 Å². The summed E-state index contributed by atoms with van der Waals surface area (Å²) in [5, 5.41) is 8.77.